The molecule has 4 atom stereocenters. The van der Waals surface area contributed by atoms with E-state index >= 15 is 0 Å². The Morgan fingerprint density at radius 3 is 1.95 bits per heavy atom. The fraction of sp³-hybridized carbons (Fsp3) is 0.333. The lowest BCUT2D eigenvalue weighted by atomic mass is 9.80. The molecule has 206 valence electrons. The quantitative estimate of drug-likeness (QED) is 0.225. The maximum absolute atomic E-state index is 12.1. The van der Waals surface area contributed by atoms with Gasteiger partial charge in [0.25, 0.3) is 0 Å². The fourth-order valence-corrected chi connectivity index (χ4v) is 6.29. The van der Waals surface area contributed by atoms with E-state index in [2.05, 4.69) is 83.0 Å². The van der Waals surface area contributed by atoms with E-state index in [1.54, 1.807) is 6.07 Å². The standard InChI is InChI=1S/C33H34N2O5/c1-32(2)39-29-22(19-26(30(29)40-32)27-20-28(35-34-27)31(36)37-3)21-38-33(23-13-7-4-8-14-23,24-15-9-5-10-16-24)25-17-11-6-12-18-25/h4-18,20,22,26,29-30H,19,21H2,1-3H3,(H,34,35)/t22-,26+,29-,30+/m1/s1. The van der Waals surface area contributed by atoms with E-state index < -0.39 is 17.4 Å². The van der Waals surface area contributed by atoms with Crippen LogP contribution in [-0.2, 0) is 24.5 Å². The van der Waals surface area contributed by atoms with Gasteiger partial charge >= 0.3 is 5.97 Å². The largest absolute Gasteiger partial charge is 0.464 e. The molecule has 1 aromatic heterocycles. The molecule has 1 aliphatic heterocycles. The highest BCUT2D eigenvalue weighted by molar-refractivity contribution is 5.87. The maximum atomic E-state index is 12.1. The van der Waals surface area contributed by atoms with Crippen LogP contribution >= 0.6 is 0 Å². The van der Waals surface area contributed by atoms with E-state index in [0.717, 1.165) is 28.8 Å². The first-order valence-corrected chi connectivity index (χ1v) is 13.7. The predicted molar refractivity (Wildman–Crippen MR) is 150 cm³/mol. The second-order valence-electron chi connectivity index (χ2n) is 11.0. The minimum absolute atomic E-state index is 0.0362. The molecule has 2 aliphatic rings. The van der Waals surface area contributed by atoms with Gasteiger partial charge in [0.2, 0.25) is 0 Å². The van der Waals surface area contributed by atoms with Gasteiger partial charge in [0.15, 0.2) is 11.5 Å². The van der Waals surface area contributed by atoms with Gasteiger partial charge in [0, 0.05) is 17.5 Å². The second-order valence-corrected chi connectivity index (χ2v) is 11.0. The summed E-state index contributed by atoms with van der Waals surface area (Å²) in [5.74, 6) is -1.20. The summed E-state index contributed by atoms with van der Waals surface area (Å²) in [6.45, 7) is 4.32. The molecule has 3 aromatic carbocycles. The molecule has 0 radical (unpaired) electrons. The number of hydrogen-bond donors (Lipinski definition) is 1. The Kier molecular flexibility index (Phi) is 7.04. The number of fused-ring (bicyclic) bond motifs is 1. The molecule has 7 nitrogen and oxygen atoms in total. The Balaban J connectivity index is 1.37. The number of carbonyl (C=O) groups excluding carboxylic acids is 1. The van der Waals surface area contributed by atoms with Gasteiger partial charge in [-0.25, -0.2) is 4.79 Å². The molecular weight excluding hydrogens is 504 g/mol. The minimum Gasteiger partial charge on any atom is -0.464 e. The monoisotopic (exact) mass is 538 g/mol. The van der Waals surface area contributed by atoms with Gasteiger partial charge in [-0.3, -0.25) is 5.10 Å². The predicted octanol–water partition coefficient (Wildman–Crippen LogP) is 5.83. The number of methoxy groups -OCH3 is 1. The molecule has 2 heterocycles. The first kappa shape index (κ1) is 26.4. The molecule has 1 saturated heterocycles. The molecule has 0 unspecified atom stereocenters. The van der Waals surface area contributed by atoms with Gasteiger partial charge in [-0.05, 0) is 43.0 Å². The smallest absolute Gasteiger partial charge is 0.358 e. The van der Waals surface area contributed by atoms with Crippen LogP contribution in [0.2, 0.25) is 0 Å². The van der Waals surface area contributed by atoms with Crippen molar-refractivity contribution in [2.75, 3.05) is 13.7 Å². The van der Waals surface area contributed by atoms with Crippen molar-refractivity contribution < 1.29 is 23.7 Å². The van der Waals surface area contributed by atoms with Crippen LogP contribution < -0.4 is 0 Å². The number of nitrogens with one attached hydrogen (secondary N) is 1. The van der Waals surface area contributed by atoms with E-state index in [0.29, 0.717) is 6.61 Å². The lowest BCUT2D eigenvalue weighted by molar-refractivity contribution is -0.162. The summed E-state index contributed by atoms with van der Waals surface area (Å²) in [6.07, 6.45) is 0.377. The van der Waals surface area contributed by atoms with Crippen LogP contribution in [0.3, 0.4) is 0 Å². The van der Waals surface area contributed by atoms with E-state index in [1.165, 1.54) is 7.11 Å². The number of rotatable bonds is 8. The summed E-state index contributed by atoms with van der Waals surface area (Å²) in [5.41, 5.74) is 3.43. The second kappa shape index (κ2) is 10.7. The minimum atomic E-state index is -0.821. The number of ether oxygens (including phenoxy) is 4. The lowest BCUT2D eigenvalue weighted by Gasteiger charge is -2.37. The van der Waals surface area contributed by atoms with E-state index in [-0.39, 0.29) is 29.7 Å². The molecule has 0 amide bonds. The van der Waals surface area contributed by atoms with Gasteiger partial charge in [-0.1, -0.05) is 91.0 Å². The number of nitrogens with zero attached hydrogens (tertiary/aromatic N) is 1. The molecule has 40 heavy (non-hydrogen) atoms. The third-order valence-electron chi connectivity index (χ3n) is 8.03. The number of carbonyl (C=O) groups is 1. The van der Waals surface area contributed by atoms with Crippen LogP contribution in [0, 0.1) is 5.92 Å². The van der Waals surface area contributed by atoms with Crippen molar-refractivity contribution in [2.24, 2.45) is 5.92 Å². The van der Waals surface area contributed by atoms with Crippen LogP contribution in [0.15, 0.2) is 97.1 Å². The van der Waals surface area contributed by atoms with Crippen LogP contribution in [0.5, 0.6) is 0 Å². The normalized spacial score (nSPS) is 23.6. The average molecular weight is 539 g/mol. The van der Waals surface area contributed by atoms with Crippen LogP contribution in [0.1, 0.15) is 59.1 Å². The average Bonchev–Trinajstić information content (AvgIpc) is 3.68. The SMILES string of the molecule is COC(=O)c1cc([C@@H]2C[C@H](COC(c3ccccc3)(c3ccccc3)c3ccccc3)[C@H]3OC(C)(C)O[C@H]32)[nH]n1. The number of hydrogen-bond acceptors (Lipinski definition) is 6. The first-order valence-electron chi connectivity index (χ1n) is 13.7. The van der Waals surface area contributed by atoms with Gasteiger partial charge in [0.1, 0.15) is 5.60 Å². The molecule has 0 bridgehead atoms. The summed E-state index contributed by atoms with van der Waals surface area (Å²) in [6, 6.07) is 32.9. The van der Waals surface area contributed by atoms with E-state index in [9.17, 15) is 4.79 Å². The lowest BCUT2D eigenvalue weighted by Crippen LogP contribution is -2.37. The Bertz CT molecular complexity index is 1340. The molecular formula is C33H34N2O5. The Hall–Kier alpha value is -3.78. The number of H-pyrrole nitrogens is 1. The molecule has 1 saturated carbocycles. The summed E-state index contributed by atoms with van der Waals surface area (Å²) in [5, 5.41) is 7.23. The summed E-state index contributed by atoms with van der Waals surface area (Å²) in [4.78, 5) is 12.1. The van der Waals surface area contributed by atoms with Crippen LogP contribution in [0.4, 0.5) is 0 Å². The molecule has 1 N–H and O–H groups in total. The highest BCUT2D eigenvalue weighted by Crippen LogP contribution is 2.50. The van der Waals surface area contributed by atoms with E-state index in [1.807, 2.05) is 32.0 Å². The topological polar surface area (TPSA) is 82.7 Å². The highest BCUT2D eigenvalue weighted by atomic mass is 16.8. The van der Waals surface area contributed by atoms with Crippen LogP contribution in [-0.4, -0.2) is 47.9 Å². The third kappa shape index (κ3) is 4.74. The summed E-state index contributed by atoms with van der Waals surface area (Å²) < 4.78 is 24.9. The zero-order chi connectivity index (χ0) is 27.7. The zero-order valence-corrected chi connectivity index (χ0v) is 22.9. The van der Waals surface area contributed by atoms with Crippen LogP contribution in [0.25, 0.3) is 0 Å². The zero-order valence-electron chi connectivity index (χ0n) is 22.9. The molecule has 1 aliphatic carbocycles. The van der Waals surface area contributed by atoms with Crippen molar-refractivity contribution in [2.45, 2.75) is 49.8 Å². The third-order valence-corrected chi connectivity index (χ3v) is 8.03. The van der Waals surface area contributed by atoms with Crippen molar-refractivity contribution in [3.05, 3.63) is 125 Å². The van der Waals surface area contributed by atoms with Crippen molar-refractivity contribution in [1.82, 2.24) is 10.2 Å². The fourth-order valence-electron chi connectivity index (χ4n) is 6.29. The van der Waals surface area contributed by atoms with Crippen molar-refractivity contribution >= 4 is 5.97 Å². The maximum Gasteiger partial charge on any atom is 0.358 e. The van der Waals surface area contributed by atoms with Gasteiger partial charge < -0.3 is 18.9 Å². The Morgan fingerprint density at radius 1 is 0.900 bits per heavy atom. The van der Waals surface area contributed by atoms with E-state index in [4.69, 9.17) is 18.9 Å². The molecule has 7 heteroatoms. The first-order chi connectivity index (χ1) is 19.4. The summed E-state index contributed by atoms with van der Waals surface area (Å²) in [7, 11) is 1.35. The molecule has 6 rings (SSSR count). The molecule has 2 fully saturated rings. The van der Waals surface area contributed by atoms with Crippen molar-refractivity contribution in [1.29, 1.82) is 0 Å². The van der Waals surface area contributed by atoms with Gasteiger partial charge in [-0.15, -0.1) is 0 Å². The molecule has 0 spiro atoms. The number of aromatic amines is 1. The number of esters is 1. The van der Waals surface area contributed by atoms with Crippen molar-refractivity contribution in [3.63, 3.8) is 0 Å². The Morgan fingerprint density at radius 2 is 1.43 bits per heavy atom. The Labute approximate surface area is 234 Å². The number of benzene rings is 3. The molecule has 4 aromatic rings. The van der Waals surface area contributed by atoms with Crippen molar-refractivity contribution in [3.8, 4) is 0 Å². The number of aromatic nitrogens is 2. The highest BCUT2D eigenvalue weighted by Gasteiger charge is 2.55. The van der Waals surface area contributed by atoms with Gasteiger partial charge in [0.05, 0.1) is 25.9 Å². The summed E-state index contributed by atoms with van der Waals surface area (Å²) >= 11 is 0. The van der Waals surface area contributed by atoms with Gasteiger partial charge in [-0.2, -0.15) is 5.10 Å².